The Balaban J connectivity index is 0. The van der Waals surface area contributed by atoms with E-state index >= 15 is 0 Å². The van der Waals surface area contributed by atoms with Crippen LogP contribution in [0.4, 0.5) is 0 Å². The van der Waals surface area contributed by atoms with Crippen LogP contribution in [0.1, 0.15) is 0 Å². The van der Waals surface area contributed by atoms with Crippen molar-refractivity contribution in [2.45, 2.75) is 0 Å². The van der Waals surface area contributed by atoms with Gasteiger partial charge >= 0.3 is 27.3 Å². The van der Waals surface area contributed by atoms with Gasteiger partial charge in [0.05, 0.1) is 0 Å². The molecular formula is C2H8OPb. The Labute approximate surface area is 46.5 Å². The molecule has 0 aliphatic rings. The van der Waals surface area contributed by atoms with Crippen molar-refractivity contribution in [2.24, 2.45) is 0 Å². The molecule has 2 radical (unpaired) electrons. The average Bonchev–Trinajstić information content (AvgIpc) is 0.918. The molecule has 0 aromatic rings. The van der Waals surface area contributed by atoms with Crippen LogP contribution in [0.25, 0.3) is 0 Å². The first-order valence-electron chi connectivity index (χ1n) is 0.816. The normalized spacial score (nSPS) is 4.50. The van der Waals surface area contributed by atoms with Crippen molar-refractivity contribution < 1.29 is 4.74 Å². The zero-order chi connectivity index (χ0) is 2.71. The monoisotopic (exact) mass is 256 g/mol. The quantitative estimate of drug-likeness (QED) is 0.523. The number of methoxy groups -OCH3 is 1. The number of ether oxygens (including phenoxy) is 1. The van der Waals surface area contributed by atoms with Gasteiger partial charge in [0, 0.05) is 14.2 Å². The predicted octanol–water partition coefficient (Wildman–Crippen LogP) is -0.654. The Morgan fingerprint density at radius 2 is 1.25 bits per heavy atom. The van der Waals surface area contributed by atoms with E-state index in [1.54, 1.807) is 14.2 Å². The topological polar surface area (TPSA) is 9.23 Å². The molecule has 0 N–H and O–H groups in total. The molecular weight excluding hydrogens is 247 g/mol. The molecule has 0 rings (SSSR count). The third kappa shape index (κ3) is 13.1. The Hall–Kier alpha value is 0.882. The third-order valence-corrected chi connectivity index (χ3v) is 0. The van der Waals surface area contributed by atoms with Crippen LogP contribution in [-0.4, -0.2) is 41.5 Å². The second-order valence-electron chi connectivity index (χ2n) is 0.408. The van der Waals surface area contributed by atoms with E-state index in [1.807, 2.05) is 0 Å². The summed E-state index contributed by atoms with van der Waals surface area (Å²) in [5.74, 6) is 0. The molecule has 0 aliphatic carbocycles. The van der Waals surface area contributed by atoms with Crippen molar-refractivity contribution in [3.63, 3.8) is 0 Å². The van der Waals surface area contributed by atoms with E-state index in [2.05, 4.69) is 4.74 Å². The van der Waals surface area contributed by atoms with Gasteiger partial charge in [-0.2, -0.15) is 0 Å². The standard InChI is InChI=1S/C2H6O.Pb.2H/c1-3-2;;;/h1-2H3;;;. The summed E-state index contributed by atoms with van der Waals surface area (Å²) in [5.41, 5.74) is 0. The second-order valence-corrected chi connectivity index (χ2v) is 0.408. The van der Waals surface area contributed by atoms with Gasteiger partial charge in [0.15, 0.2) is 0 Å². The molecule has 0 heterocycles. The van der Waals surface area contributed by atoms with E-state index in [9.17, 15) is 0 Å². The van der Waals surface area contributed by atoms with Gasteiger partial charge in [-0.05, 0) is 0 Å². The Kier molecular flexibility index (Phi) is 20.2. The molecule has 0 fully saturated rings. The summed E-state index contributed by atoms with van der Waals surface area (Å²) in [7, 11) is 3.25. The molecule has 4 heavy (non-hydrogen) atoms. The van der Waals surface area contributed by atoms with Gasteiger partial charge in [-0.15, -0.1) is 0 Å². The average molecular weight is 255 g/mol. The number of rotatable bonds is 0. The first kappa shape index (κ1) is 8.86. The van der Waals surface area contributed by atoms with E-state index in [1.165, 1.54) is 0 Å². The van der Waals surface area contributed by atoms with E-state index < -0.39 is 0 Å². The van der Waals surface area contributed by atoms with Gasteiger partial charge in [-0.1, -0.05) is 0 Å². The molecule has 0 aromatic carbocycles. The van der Waals surface area contributed by atoms with Crippen LogP contribution in [0, 0.1) is 0 Å². The van der Waals surface area contributed by atoms with Crippen molar-refractivity contribution in [3.05, 3.63) is 0 Å². The summed E-state index contributed by atoms with van der Waals surface area (Å²) in [6.45, 7) is 0. The minimum absolute atomic E-state index is 0. The molecule has 0 spiro atoms. The van der Waals surface area contributed by atoms with Crippen molar-refractivity contribution in [1.29, 1.82) is 0 Å². The molecule has 26 valence electrons. The van der Waals surface area contributed by atoms with Crippen LogP contribution in [0.15, 0.2) is 0 Å². The zero-order valence-electron chi connectivity index (χ0n) is 3.12. The molecule has 0 aliphatic heterocycles. The van der Waals surface area contributed by atoms with E-state index in [-0.39, 0.29) is 27.3 Å². The van der Waals surface area contributed by atoms with Crippen molar-refractivity contribution in [1.82, 2.24) is 0 Å². The predicted molar refractivity (Wildman–Crippen MR) is 21.5 cm³/mol. The van der Waals surface area contributed by atoms with Crippen LogP contribution < -0.4 is 0 Å². The van der Waals surface area contributed by atoms with E-state index in [4.69, 9.17) is 0 Å². The molecule has 2 heteroatoms. The first-order chi connectivity index (χ1) is 1.41. The van der Waals surface area contributed by atoms with Crippen LogP contribution in [0.2, 0.25) is 0 Å². The summed E-state index contributed by atoms with van der Waals surface area (Å²) < 4.78 is 4.25. The fourth-order valence-corrected chi connectivity index (χ4v) is 0. The van der Waals surface area contributed by atoms with Gasteiger partial charge in [0.2, 0.25) is 0 Å². The van der Waals surface area contributed by atoms with Crippen LogP contribution in [-0.2, 0) is 4.74 Å². The first-order valence-corrected chi connectivity index (χ1v) is 0.816. The Morgan fingerprint density at radius 1 is 1.25 bits per heavy atom. The zero-order valence-corrected chi connectivity index (χ0v) is 8.61. The number of hydrogen-bond donors (Lipinski definition) is 0. The van der Waals surface area contributed by atoms with E-state index in [0.717, 1.165) is 0 Å². The maximum atomic E-state index is 4.25. The van der Waals surface area contributed by atoms with Gasteiger partial charge in [0.1, 0.15) is 0 Å². The summed E-state index contributed by atoms with van der Waals surface area (Å²) in [5, 5.41) is 0. The van der Waals surface area contributed by atoms with Crippen LogP contribution in [0.3, 0.4) is 0 Å². The van der Waals surface area contributed by atoms with Gasteiger partial charge in [0.25, 0.3) is 0 Å². The van der Waals surface area contributed by atoms with Crippen LogP contribution >= 0.6 is 0 Å². The fourth-order valence-electron chi connectivity index (χ4n) is 0. The summed E-state index contributed by atoms with van der Waals surface area (Å²) >= 11 is 0. The van der Waals surface area contributed by atoms with Crippen molar-refractivity contribution >= 4 is 27.3 Å². The Morgan fingerprint density at radius 3 is 1.25 bits per heavy atom. The summed E-state index contributed by atoms with van der Waals surface area (Å²) in [6, 6.07) is 0. The van der Waals surface area contributed by atoms with E-state index in [0.29, 0.717) is 0 Å². The summed E-state index contributed by atoms with van der Waals surface area (Å²) in [4.78, 5) is 0. The maximum absolute atomic E-state index is 4.25. The molecule has 1 nitrogen and oxygen atoms in total. The fraction of sp³-hybridized carbons (Fsp3) is 1.00. The number of hydrogen-bond acceptors (Lipinski definition) is 1. The molecule has 0 unspecified atom stereocenters. The molecule has 0 aromatic heterocycles. The van der Waals surface area contributed by atoms with Crippen LogP contribution in [0.5, 0.6) is 0 Å². The minimum atomic E-state index is 0. The molecule has 0 atom stereocenters. The third-order valence-electron chi connectivity index (χ3n) is 0. The van der Waals surface area contributed by atoms with Gasteiger partial charge in [-0.25, -0.2) is 0 Å². The molecule has 0 amide bonds. The SMILES string of the molecule is COC.[PbH2]. The van der Waals surface area contributed by atoms with Crippen molar-refractivity contribution in [3.8, 4) is 0 Å². The molecule has 0 saturated heterocycles. The van der Waals surface area contributed by atoms with Crippen molar-refractivity contribution in [2.75, 3.05) is 14.2 Å². The molecule has 0 bridgehead atoms. The van der Waals surface area contributed by atoms with Gasteiger partial charge in [-0.3, -0.25) is 0 Å². The summed E-state index contributed by atoms with van der Waals surface area (Å²) in [6.07, 6.45) is 0. The van der Waals surface area contributed by atoms with Gasteiger partial charge < -0.3 is 4.74 Å². The molecule has 0 saturated carbocycles. The Bertz CT molecular complexity index is 6.00. The second kappa shape index (κ2) is 9.10.